The van der Waals surface area contributed by atoms with Crippen LogP contribution in [0.3, 0.4) is 0 Å². The topological polar surface area (TPSA) is 35.2 Å². The molecule has 2 nitrogen and oxygen atoms in total. The van der Waals surface area contributed by atoms with Crippen LogP contribution >= 0.6 is 11.6 Å². The van der Waals surface area contributed by atoms with Crippen molar-refractivity contribution in [1.29, 1.82) is 0 Å². The number of hydrogen-bond acceptors (Lipinski definition) is 2. The van der Waals surface area contributed by atoms with Crippen molar-refractivity contribution in [2.75, 3.05) is 0 Å². The van der Waals surface area contributed by atoms with Gasteiger partial charge in [-0.1, -0.05) is 18.5 Å². The first-order chi connectivity index (χ1) is 8.25. The standard InChI is InChI=1S/C12H15ClF3NO/c1-3-9(17)11(12(14,15)16)18-10-5-4-8(13)6-7(10)2/h4-6,9,11H,3,17H2,1-2H3. The molecule has 0 saturated heterocycles. The lowest BCUT2D eigenvalue weighted by Crippen LogP contribution is -2.48. The fourth-order valence-corrected chi connectivity index (χ4v) is 1.72. The number of nitrogens with two attached hydrogens (primary N) is 1. The summed E-state index contributed by atoms with van der Waals surface area (Å²) < 4.78 is 43.5. The van der Waals surface area contributed by atoms with Crippen molar-refractivity contribution in [2.24, 2.45) is 5.73 Å². The maximum atomic E-state index is 12.8. The van der Waals surface area contributed by atoms with Crippen LogP contribution in [0.4, 0.5) is 13.2 Å². The summed E-state index contributed by atoms with van der Waals surface area (Å²) >= 11 is 5.73. The lowest BCUT2D eigenvalue weighted by molar-refractivity contribution is -0.200. The third kappa shape index (κ3) is 3.78. The van der Waals surface area contributed by atoms with Crippen LogP contribution in [0, 0.1) is 6.92 Å². The molecule has 0 heterocycles. The van der Waals surface area contributed by atoms with Gasteiger partial charge in [-0.25, -0.2) is 0 Å². The Labute approximate surface area is 109 Å². The number of rotatable bonds is 4. The predicted octanol–water partition coefficient (Wildman–Crippen LogP) is 3.70. The van der Waals surface area contributed by atoms with E-state index in [-0.39, 0.29) is 12.2 Å². The van der Waals surface area contributed by atoms with E-state index in [2.05, 4.69) is 0 Å². The summed E-state index contributed by atoms with van der Waals surface area (Å²) in [5.74, 6) is 0.144. The van der Waals surface area contributed by atoms with E-state index >= 15 is 0 Å². The Balaban J connectivity index is 2.96. The van der Waals surface area contributed by atoms with Gasteiger partial charge < -0.3 is 10.5 Å². The minimum atomic E-state index is -4.50. The van der Waals surface area contributed by atoms with Crippen LogP contribution in [-0.2, 0) is 0 Å². The summed E-state index contributed by atoms with van der Waals surface area (Å²) in [7, 11) is 0. The van der Waals surface area contributed by atoms with Gasteiger partial charge in [0.05, 0.1) is 6.04 Å². The molecule has 0 aliphatic carbocycles. The third-order valence-corrected chi connectivity index (χ3v) is 2.81. The van der Waals surface area contributed by atoms with Gasteiger partial charge in [-0.2, -0.15) is 13.2 Å². The summed E-state index contributed by atoms with van der Waals surface area (Å²) in [6.07, 6.45) is -6.33. The molecule has 1 aromatic carbocycles. The molecule has 0 radical (unpaired) electrons. The molecule has 1 rings (SSSR count). The minimum absolute atomic E-state index is 0.144. The highest BCUT2D eigenvalue weighted by atomic mass is 35.5. The molecule has 0 aromatic heterocycles. The third-order valence-electron chi connectivity index (χ3n) is 2.57. The van der Waals surface area contributed by atoms with E-state index in [1.54, 1.807) is 19.9 Å². The van der Waals surface area contributed by atoms with Gasteiger partial charge in [0.25, 0.3) is 0 Å². The van der Waals surface area contributed by atoms with Crippen LogP contribution in [0.5, 0.6) is 5.75 Å². The number of halogens is 4. The maximum absolute atomic E-state index is 12.8. The minimum Gasteiger partial charge on any atom is -0.479 e. The van der Waals surface area contributed by atoms with Gasteiger partial charge in [0, 0.05) is 5.02 Å². The lowest BCUT2D eigenvalue weighted by atomic mass is 10.1. The summed E-state index contributed by atoms with van der Waals surface area (Å²) in [5.41, 5.74) is 6.00. The van der Waals surface area contributed by atoms with Gasteiger partial charge in [-0.05, 0) is 37.1 Å². The average molecular weight is 282 g/mol. The van der Waals surface area contributed by atoms with Crippen LogP contribution in [0.25, 0.3) is 0 Å². The molecule has 0 aliphatic heterocycles. The van der Waals surface area contributed by atoms with Gasteiger partial charge in [0.2, 0.25) is 6.10 Å². The van der Waals surface area contributed by atoms with Crippen LogP contribution < -0.4 is 10.5 Å². The first-order valence-electron chi connectivity index (χ1n) is 5.50. The number of hydrogen-bond donors (Lipinski definition) is 1. The second-order valence-corrected chi connectivity index (χ2v) is 4.50. The highest BCUT2D eigenvalue weighted by molar-refractivity contribution is 6.30. The fraction of sp³-hybridized carbons (Fsp3) is 0.500. The predicted molar refractivity (Wildman–Crippen MR) is 64.9 cm³/mol. The van der Waals surface area contributed by atoms with Crippen molar-refractivity contribution in [3.63, 3.8) is 0 Å². The van der Waals surface area contributed by atoms with Gasteiger partial charge in [-0.15, -0.1) is 0 Å². The molecule has 102 valence electrons. The van der Waals surface area contributed by atoms with Crippen LogP contribution in [0.15, 0.2) is 18.2 Å². The summed E-state index contributed by atoms with van der Waals surface area (Å²) in [6.45, 7) is 3.22. The normalized spacial score (nSPS) is 15.3. The van der Waals surface area contributed by atoms with Crippen molar-refractivity contribution in [2.45, 2.75) is 38.6 Å². The molecule has 2 N–H and O–H groups in total. The molecule has 0 amide bonds. The van der Waals surface area contributed by atoms with Gasteiger partial charge in [0.15, 0.2) is 0 Å². The molecular weight excluding hydrogens is 267 g/mol. The molecule has 1 aromatic rings. The SMILES string of the molecule is CCC(N)C(Oc1ccc(Cl)cc1C)C(F)(F)F. The number of ether oxygens (including phenoxy) is 1. The van der Waals surface area contributed by atoms with E-state index in [1.165, 1.54) is 12.1 Å². The fourth-order valence-electron chi connectivity index (χ4n) is 1.49. The zero-order valence-corrected chi connectivity index (χ0v) is 10.8. The molecule has 6 heteroatoms. The Morgan fingerprint density at radius 1 is 1.39 bits per heavy atom. The average Bonchev–Trinajstić information content (AvgIpc) is 2.25. The molecule has 2 atom stereocenters. The molecule has 0 aliphatic rings. The summed E-state index contributed by atoms with van der Waals surface area (Å²) in [5, 5.41) is 0.447. The Morgan fingerprint density at radius 2 is 2.00 bits per heavy atom. The second-order valence-electron chi connectivity index (χ2n) is 4.06. The Bertz CT molecular complexity index is 409. The zero-order chi connectivity index (χ0) is 13.9. The molecule has 2 unspecified atom stereocenters. The molecular formula is C12H15ClF3NO. The van der Waals surface area contributed by atoms with Crippen LogP contribution in [-0.4, -0.2) is 18.3 Å². The van der Waals surface area contributed by atoms with E-state index in [4.69, 9.17) is 22.1 Å². The Morgan fingerprint density at radius 3 is 2.44 bits per heavy atom. The van der Waals surface area contributed by atoms with Crippen molar-refractivity contribution in [1.82, 2.24) is 0 Å². The second kappa shape index (κ2) is 5.80. The van der Waals surface area contributed by atoms with E-state index in [9.17, 15) is 13.2 Å². The van der Waals surface area contributed by atoms with E-state index in [0.717, 1.165) is 0 Å². The molecule has 0 saturated carbocycles. The summed E-state index contributed by atoms with van der Waals surface area (Å²) in [6, 6.07) is 3.34. The smallest absolute Gasteiger partial charge is 0.426 e. The largest absolute Gasteiger partial charge is 0.479 e. The first-order valence-corrected chi connectivity index (χ1v) is 5.88. The highest BCUT2D eigenvalue weighted by Gasteiger charge is 2.45. The van der Waals surface area contributed by atoms with Gasteiger partial charge >= 0.3 is 6.18 Å². The highest BCUT2D eigenvalue weighted by Crippen LogP contribution is 2.30. The lowest BCUT2D eigenvalue weighted by Gasteiger charge is -2.27. The van der Waals surface area contributed by atoms with Crippen molar-refractivity contribution < 1.29 is 17.9 Å². The van der Waals surface area contributed by atoms with Crippen molar-refractivity contribution >= 4 is 11.6 Å². The van der Waals surface area contributed by atoms with E-state index in [0.29, 0.717) is 10.6 Å². The van der Waals surface area contributed by atoms with Crippen LogP contribution in [0.2, 0.25) is 5.02 Å². The summed E-state index contributed by atoms with van der Waals surface area (Å²) in [4.78, 5) is 0. The Hall–Kier alpha value is -0.940. The maximum Gasteiger partial charge on any atom is 0.426 e. The van der Waals surface area contributed by atoms with Gasteiger partial charge in [-0.3, -0.25) is 0 Å². The first kappa shape index (κ1) is 15.1. The van der Waals surface area contributed by atoms with Crippen LogP contribution in [0.1, 0.15) is 18.9 Å². The molecule has 18 heavy (non-hydrogen) atoms. The number of benzene rings is 1. The molecule has 0 bridgehead atoms. The molecule has 0 fully saturated rings. The van der Waals surface area contributed by atoms with Gasteiger partial charge in [0.1, 0.15) is 5.75 Å². The van der Waals surface area contributed by atoms with Crippen molar-refractivity contribution in [3.8, 4) is 5.75 Å². The zero-order valence-electron chi connectivity index (χ0n) is 10.1. The number of alkyl halides is 3. The monoisotopic (exact) mass is 281 g/mol. The number of aryl methyl sites for hydroxylation is 1. The Kier molecular flexibility index (Phi) is 4.87. The van der Waals surface area contributed by atoms with E-state index in [1.807, 2.05) is 0 Å². The van der Waals surface area contributed by atoms with E-state index < -0.39 is 18.3 Å². The molecule has 0 spiro atoms. The van der Waals surface area contributed by atoms with Crippen molar-refractivity contribution in [3.05, 3.63) is 28.8 Å². The quantitative estimate of drug-likeness (QED) is 0.913.